The Balaban J connectivity index is 1.55. The zero-order valence-corrected chi connectivity index (χ0v) is 14.2. The van der Waals surface area contributed by atoms with Gasteiger partial charge in [0.25, 0.3) is 0 Å². The van der Waals surface area contributed by atoms with Crippen molar-refractivity contribution < 1.29 is 14.1 Å². The van der Waals surface area contributed by atoms with Gasteiger partial charge in [0.1, 0.15) is 0 Å². The maximum absolute atomic E-state index is 12.3. The van der Waals surface area contributed by atoms with Crippen LogP contribution in [-0.2, 0) is 16.0 Å². The lowest BCUT2D eigenvalue weighted by molar-refractivity contribution is -0.138. The molecule has 1 aliphatic rings. The van der Waals surface area contributed by atoms with E-state index in [1.807, 2.05) is 36.1 Å². The molecule has 6 nitrogen and oxygen atoms in total. The quantitative estimate of drug-likeness (QED) is 0.843. The number of ether oxygens (including phenoxy) is 1. The average Bonchev–Trinajstić information content (AvgIpc) is 3.09. The lowest BCUT2D eigenvalue weighted by Crippen LogP contribution is -2.45. The van der Waals surface area contributed by atoms with Crippen LogP contribution in [-0.4, -0.2) is 46.7 Å². The van der Waals surface area contributed by atoms with Crippen molar-refractivity contribution >= 4 is 5.91 Å². The van der Waals surface area contributed by atoms with Crippen molar-refractivity contribution in [3.8, 4) is 11.4 Å². The summed E-state index contributed by atoms with van der Waals surface area (Å²) >= 11 is 0. The normalized spacial score (nSPS) is 17.9. The SMILES string of the molecule is CC[C@@H]1CN(C(=O)CCc2nc(-c3ccc(C)cc3)no2)CCO1. The number of aryl methyl sites for hydroxylation is 2. The first kappa shape index (κ1) is 16.6. The molecular formula is C18H23N3O3. The van der Waals surface area contributed by atoms with E-state index >= 15 is 0 Å². The van der Waals surface area contributed by atoms with Crippen molar-refractivity contribution in [2.45, 2.75) is 39.2 Å². The number of morpholine rings is 1. The van der Waals surface area contributed by atoms with Gasteiger partial charge in [0.05, 0.1) is 12.7 Å². The molecule has 0 saturated carbocycles. The molecule has 3 rings (SSSR count). The molecule has 0 radical (unpaired) electrons. The molecule has 128 valence electrons. The number of hydrogen-bond donors (Lipinski definition) is 0. The minimum atomic E-state index is 0.117. The minimum Gasteiger partial charge on any atom is -0.375 e. The lowest BCUT2D eigenvalue weighted by atomic mass is 10.1. The van der Waals surface area contributed by atoms with Crippen LogP contribution in [0.4, 0.5) is 0 Å². The Kier molecular flexibility index (Phi) is 5.25. The Morgan fingerprint density at radius 1 is 1.33 bits per heavy atom. The predicted molar refractivity (Wildman–Crippen MR) is 89.4 cm³/mol. The van der Waals surface area contributed by atoms with E-state index in [0.29, 0.717) is 44.3 Å². The third-order valence-corrected chi connectivity index (χ3v) is 4.28. The molecule has 0 aliphatic carbocycles. The van der Waals surface area contributed by atoms with Crippen LogP contribution in [0.1, 0.15) is 31.2 Å². The summed E-state index contributed by atoms with van der Waals surface area (Å²) in [7, 11) is 0. The van der Waals surface area contributed by atoms with Gasteiger partial charge in [-0.25, -0.2) is 0 Å². The second-order valence-corrected chi connectivity index (χ2v) is 6.12. The predicted octanol–water partition coefficient (Wildman–Crippen LogP) is 2.62. The molecule has 24 heavy (non-hydrogen) atoms. The second-order valence-electron chi connectivity index (χ2n) is 6.12. The summed E-state index contributed by atoms with van der Waals surface area (Å²) in [6, 6.07) is 7.95. The molecule has 0 spiro atoms. The maximum atomic E-state index is 12.3. The van der Waals surface area contributed by atoms with Crippen molar-refractivity contribution in [1.29, 1.82) is 0 Å². The van der Waals surface area contributed by atoms with Crippen molar-refractivity contribution in [1.82, 2.24) is 15.0 Å². The number of hydrogen-bond acceptors (Lipinski definition) is 5. The van der Waals surface area contributed by atoms with Gasteiger partial charge in [-0.15, -0.1) is 0 Å². The molecular weight excluding hydrogens is 306 g/mol. The van der Waals surface area contributed by atoms with Crippen LogP contribution in [0.5, 0.6) is 0 Å². The van der Waals surface area contributed by atoms with Gasteiger partial charge in [-0.05, 0) is 13.3 Å². The summed E-state index contributed by atoms with van der Waals surface area (Å²) in [4.78, 5) is 18.6. The number of aromatic nitrogens is 2. The van der Waals surface area contributed by atoms with E-state index in [2.05, 4.69) is 17.1 Å². The minimum absolute atomic E-state index is 0.117. The smallest absolute Gasteiger partial charge is 0.227 e. The van der Waals surface area contributed by atoms with Gasteiger partial charge in [0.15, 0.2) is 0 Å². The maximum Gasteiger partial charge on any atom is 0.227 e. The first-order chi connectivity index (χ1) is 11.7. The van der Waals surface area contributed by atoms with Crippen LogP contribution in [0.3, 0.4) is 0 Å². The van der Waals surface area contributed by atoms with Gasteiger partial charge < -0.3 is 14.2 Å². The van der Waals surface area contributed by atoms with Crippen molar-refractivity contribution in [3.05, 3.63) is 35.7 Å². The van der Waals surface area contributed by atoms with Crippen LogP contribution < -0.4 is 0 Å². The van der Waals surface area contributed by atoms with E-state index in [4.69, 9.17) is 9.26 Å². The average molecular weight is 329 g/mol. The Labute approximate surface area is 141 Å². The van der Waals surface area contributed by atoms with Crippen LogP contribution in [0.15, 0.2) is 28.8 Å². The van der Waals surface area contributed by atoms with Gasteiger partial charge in [0.2, 0.25) is 17.6 Å². The van der Waals surface area contributed by atoms with Crippen LogP contribution in [0, 0.1) is 6.92 Å². The monoisotopic (exact) mass is 329 g/mol. The number of benzene rings is 1. The third-order valence-electron chi connectivity index (χ3n) is 4.28. The highest BCUT2D eigenvalue weighted by Gasteiger charge is 2.23. The standard InChI is InChI=1S/C18H23N3O3/c1-3-15-12-21(10-11-23-15)17(22)9-8-16-19-18(20-24-16)14-6-4-13(2)5-7-14/h4-7,15H,3,8-12H2,1-2H3/t15-/m1/s1. The Morgan fingerprint density at radius 3 is 2.88 bits per heavy atom. The molecule has 1 amide bonds. The van der Waals surface area contributed by atoms with E-state index in [9.17, 15) is 4.79 Å². The van der Waals surface area contributed by atoms with Crippen LogP contribution in [0.2, 0.25) is 0 Å². The summed E-state index contributed by atoms with van der Waals surface area (Å²) in [6.45, 7) is 6.05. The van der Waals surface area contributed by atoms with Crippen molar-refractivity contribution in [2.75, 3.05) is 19.7 Å². The fraction of sp³-hybridized carbons (Fsp3) is 0.500. The van der Waals surface area contributed by atoms with E-state index in [-0.39, 0.29) is 12.0 Å². The zero-order chi connectivity index (χ0) is 16.9. The second kappa shape index (κ2) is 7.57. The molecule has 0 bridgehead atoms. The summed E-state index contributed by atoms with van der Waals surface area (Å²) in [5.41, 5.74) is 2.10. The largest absolute Gasteiger partial charge is 0.375 e. The highest BCUT2D eigenvalue weighted by molar-refractivity contribution is 5.76. The highest BCUT2D eigenvalue weighted by Crippen LogP contribution is 2.17. The number of carbonyl (C=O) groups is 1. The fourth-order valence-corrected chi connectivity index (χ4v) is 2.74. The molecule has 6 heteroatoms. The summed E-state index contributed by atoms with van der Waals surface area (Å²) in [6.07, 6.45) is 1.92. The molecule has 1 aliphatic heterocycles. The molecule has 2 heterocycles. The van der Waals surface area contributed by atoms with E-state index in [1.165, 1.54) is 5.56 Å². The molecule has 1 atom stereocenters. The Hall–Kier alpha value is -2.21. The molecule has 1 aromatic carbocycles. The highest BCUT2D eigenvalue weighted by atomic mass is 16.5. The third kappa shape index (κ3) is 4.00. The molecule has 1 saturated heterocycles. The molecule has 1 fully saturated rings. The number of rotatable bonds is 5. The number of nitrogens with zero attached hydrogens (tertiary/aromatic N) is 3. The summed E-state index contributed by atoms with van der Waals surface area (Å²) in [5.74, 6) is 1.18. The van der Waals surface area contributed by atoms with Gasteiger partial charge >= 0.3 is 0 Å². The van der Waals surface area contributed by atoms with Gasteiger partial charge in [-0.3, -0.25) is 4.79 Å². The first-order valence-electron chi connectivity index (χ1n) is 8.44. The lowest BCUT2D eigenvalue weighted by Gasteiger charge is -2.32. The van der Waals surface area contributed by atoms with E-state index in [0.717, 1.165) is 12.0 Å². The topological polar surface area (TPSA) is 68.5 Å². The number of carbonyl (C=O) groups excluding carboxylic acids is 1. The van der Waals surface area contributed by atoms with E-state index in [1.54, 1.807) is 0 Å². The molecule has 1 aromatic heterocycles. The first-order valence-corrected chi connectivity index (χ1v) is 8.44. The van der Waals surface area contributed by atoms with Gasteiger partial charge in [0, 0.05) is 31.5 Å². The zero-order valence-electron chi connectivity index (χ0n) is 14.2. The molecule has 0 unspecified atom stereocenters. The van der Waals surface area contributed by atoms with Gasteiger partial charge in [-0.2, -0.15) is 4.98 Å². The van der Waals surface area contributed by atoms with Crippen LogP contribution in [0.25, 0.3) is 11.4 Å². The molecule has 0 N–H and O–H groups in total. The summed E-state index contributed by atoms with van der Waals surface area (Å²) < 4.78 is 10.9. The van der Waals surface area contributed by atoms with Crippen molar-refractivity contribution in [2.24, 2.45) is 0 Å². The van der Waals surface area contributed by atoms with Crippen molar-refractivity contribution in [3.63, 3.8) is 0 Å². The number of amides is 1. The Morgan fingerprint density at radius 2 is 2.12 bits per heavy atom. The van der Waals surface area contributed by atoms with Gasteiger partial charge in [-0.1, -0.05) is 41.9 Å². The fourth-order valence-electron chi connectivity index (χ4n) is 2.74. The molecule has 2 aromatic rings. The van der Waals surface area contributed by atoms with E-state index < -0.39 is 0 Å². The van der Waals surface area contributed by atoms with Crippen LogP contribution >= 0.6 is 0 Å². The summed E-state index contributed by atoms with van der Waals surface area (Å²) in [5, 5.41) is 4.00. The Bertz CT molecular complexity index is 681.